The van der Waals surface area contributed by atoms with Crippen LogP contribution in [0.3, 0.4) is 0 Å². The van der Waals surface area contributed by atoms with Crippen LogP contribution in [-0.2, 0) is 9.53 Å². The van der Waals surface area contributed by atoms with E-state index in [9.17, 15) is 4.79 Å². The van der Waals surface area contributed by atoms with Crippen LogP contribution in [0, 0.1) is 56.7 Å². The monoisotopic (exact) mass is 468 g/mol. The first kappa shape index (κ1) is 24.9. The second-order valence-electron chi connectivity index (χ2n) is 15.3. The van der Waals surface area contributed by atoms with E-state index in [0.29, 0.717) is 33.5 Å². The fourth-order valence-corrected chi connectivity index (χ4v) is 11.5. The Kier molecular flexibility index (Phi) is 5.57. The van der Waals surface area contributed by atoms with Crippen LogP contribution in [0.15, 0.2) is 11.6 Å². The molecule has 0 amide bonds. The first-order chi connectivity index (χ1) is 15.7. The van der Waals surface area contributed by atoms with E-state index in [1.54, 1.807) is 12.5 Å². The maximum atomic E-state index is 11.9. The summed E-state index contributed by atoms with van der Waals surface area (Å²) in [4.78, 5) is 11.9. The zero-order valence-corrected chi connectivity index (χ0v) is 23.7. The number of hydrogen-bond acceptors (Lipinski definition) is 2. The van der Waals surface area contributed by atoms with E-state index in [0.717, 1.165) is 24.2 Å². The van der Waals surface area contributed by atoms with Gasteiger partial charge >= 0.3 is 5.97 Å². The normalized spacial score (nSPS) is 51.6. The molecule has 34 heavy (non-hydrogen) atoms. The first-order valence-electron chi connectivity index (χ1n) is 14.6. The number of allylic oxidation sites excluding steroid dienone is 2. The van der Waals surface area contributed by atoms with Gasteiger partial charge in [-0.1, -0.05) is 67.0 Å². The average molecular weight is 469 g/mol. The minimum absolute atomic E-state index is 0.0574. The number of rotatable bonds is 2. The quantitative estimate of drug-likeness (QED) is 0.299. The molecular formula is C32H52O2. The molecule has 0 aromatic rings. The SMILES string of the molecule is CC(=O)O[C@H]1CC[C@]2(C)[C@H]3CC[C@@H]4[C@H]5C(C(C)C)=CC[C@]5(C)CC[C@@]4(C)[C@]3(C)CC[C@H]2C1(C)C. The summed E-state index contributed by atoms with van der Waals surface area (Å²) < 4.78 is 5.91. The van der Waals surface area contributed by atoms with E-state index >= 15 is 0 Å². The lowest BCUT2D eigenvalue weighted by molar-refractivity contribution is -0.245. The molecule has 0 aromatic heterocycles. The van der Waals surface area contributed by atoms with Gasteiger partial charge in [-0.25, -0.2) is 0 Å². The molecule has 9 atom stereocenters. The molecule has 2 heteroatoms. The lowest BCUT2D eigenvalue weighted by Gasteiger charge is -2.72. The molecule has 0 aliphatic heterocycles. The number of hydrogen-bond donors (Lipinski definition) is 0. The van der Waals surface area contributed by atoms with Gasteiger partial charge in [0.05, 0.1) is 0 Å². The second kappa shape index (κ2) is 7.61. The van der Waals surface area contributed by atoms with Crippen molar-refractivity contribution in [3.05, 3.63) is 11.6 Å². The van der Waals surface area contributed by atoms with Gasteiger partial charge in [0.25, 0.3) is 0 Å². The summed E-state index contributed by atoms with van der Waals surface area (Å²) in [5, 5.41) is 0. The molecule has 0 saturated heterocycles. The Morgan fingerprint density at radius 1 is 0.882 bits per heavy atom. The smallest absolute Gasteiger partial charge is 0.302 e. The van der Waals surface area contributed by atoms with E-state index < -0.39 is 0 Å². The zero-order valence-electron chi connectivity index (χ0n) is 23.7. The molecule has 0 radical (unpaired) electrons. The van der Waals surface area contributed by atoms with E-state index in [1.165, 1.54) is 51.4 Å². The highest BCUT2D eigenvalue weighted by Crippen LogP contribution is 2.77. The lowest BCUT2D eigenvalue weighted by Crippen LogP contribution is -2.66. The van der Waals surface area contributed by atoms with Crippen molar-refractivity contribution in [1.29, 1.82) is 0 Å². The second-order valence-corrected chi connectivity index (χ2v) is 15.3. The summed E-state index contributed by atoms with van der Waals surface area (Å²) in [5.41, 5.74) is 3.55. The van der Waals surface area contributed by atoms with Gasteiger partial charge in [0.1, 0.15) is 6.10 Å². The third-order valence-corrected chi connectivity index (χ3v) is 13.4. The number of carbonyl (C=O) groups excluding carboxylic acids is 1. The molecule has 4 saturated carbocycles. The number of ether oxygens (including phenoxy) is 1. The molecular weight excluding hydrogens is 416 g/mol. The molecule has 192 valence electrons. The Morgan fingerprint density at radius 2 is 1.59 bits per heavy atom. The standard InChI is InChI=1S/C32H52O2/c1-20(2)22-12-15-29(6)18-19-31(8)23(27(22)29)10-11-25-30(7)16-14-26(34-21(3)33)28(4,5)24(30)13-17-32(25,31)9/h12,20,23-27H,10-11,13-19H2,1-9H3/t23-,24+,25-,26+,27-,29-,30+,31-,32-/m1/s1. The number of esters is 1. The minimum atomic E-state index is -0.105. The summed E-state index contributed by atoms with van der Waals surface area (Å²) in [6.07, 6.45) is 14.6. The van der Waals surface area contributed by atoms with Gasteiger partial charge in [0, 0.05) is 12.3 Å². The number of fused-ring (bicyclic) bond motifs is 7. The van der Waals surface area contributed by atoms with Crippen molar-refractivity contribution in [3.8, 4) is 0 Å². The molecule has 0 spiro atoms. The van der Waals surface area contributed by atoms with Gasteiger partial charge in [-0.3, -0.25) is 4.79 Å². The van der Waals surface area contributed by atoms with Crippen molar-refractivity contribution in [2.24, 2.45) is 56.7 Å². The highest BCUT2D eigenvalue weighted by atomic mass is 16.5. The topological polar surface area (TPSA) is 26.3 Å². The molecule has 5 aliphatic carbocycles. The summed E-state index contributed by atoms with van der Waals surface area (Å²) in [6, 6.07) is 0. The van der Waals surface area contributed by atoms with Gasteiger partial charge < -0.3 is 4.74 Å². The van der Waals surface area contributed by atoms with E-state index in [-0.39, 0.29) is 17.5 Å². The summed E-state index contributed by atoms with van der Waals surface area (Å²) in [6.45, 7) is 22.0. The maximum Gasteiger partial charge on any atom is 0.302 e. The molecule has 4 fully saturated rings. The Balaban J connectivity index is 1.50. The summed E-state index contributed by atoms with van der Waals surface area (Å²) in [5.74, 6) is 3.65. The fraction of sp³-hybridized carbons (Fsp3) is 0.906. The highest BCUT2D eigenvalue weighted by Gasteiger charge is 2.70. The minimum Gasteiger partial charge on any atom is -0.462 e. The van der Waals surface area contributed by atoms with Crippen LogP contribution >= 0.6 is 0 Å². The molecule has 0 unspecified atom stereocenters. The Morgan fingerprint density at radius 3 is 2.24 bits per heavy atom. The molecule has 5 rings (SSSR count). The van der Waals surface area contributed by atoms with Crippen molar-refractivity contribution in [3.63, 3.8) is 0 Å². The van der Waals surface area contributed by atoms with Gasteiger partial charge in [-0.05, 0) is 109 Å². The summed E-state index contributed by atoms with van der Waals surface area (Å²) in [7, 11) is 0. The van der Waals surface area contributed by atoms with Crippen molar-refractivity contribution >= 4 is 5.97 Å². The van der Waals surface area contributed by atoms with Crippen LogP contribution in [0.2, 0.25) is 0 Å². The largest absolute Gasteiger partial charge is 0.462 e. The van der Waals surface area contributed by atoms with Crippen LogP contribution in [0.4, 0.5) is 0 Å². The average Bonchev–Trinajstić information content (AvgIpc) is 3.08. The van der Waals surface area contributed by atoms with Gasteiger partial charge in [-0.15, -0.1) is 0 Å². The van der Waals surface area contributed by atoms with Crippen molar-refractivity contribution in [1.82, 2.24) is 0 Å². The van der Waals surface area contributed by atoms with Crippen LogP contribution in [0.25, 0.3) is 0 Å². The predicted octanol–water partition coefficient (Wildman–Crippen LogP) is 8.60. The molecule has 0 heterocycles. The van der Waals surface area contributed by atoms with E-state index in [4.69, 9.17) is 4.74 Å². The van der Waals surface area contributed by atoms with Crippen LogP contribution in [0.5, 0.6) is 0 Å². The Bertz CT molecular complexity index is 883. The highest BCUT2D eigenvalue weighted by molar-refractivity contribution is 5.66. The van der Waals surface area contributed by atoms with Crippen molar-refractivity contribution < 1.29 is 9.53 Å². The van der Waals surface area contributed by atoms with Gasteiger partial charge in [0.2, 0.25) is 0 Å². The van der Waals surface area contributed by atoms with Crippen molar-refractivity contribution in [2.75, 3.05) is 0 Å². The molecule has 0 N–H and O–H groups in total. The Labute approximate surface area is 210 Å². The van der Waals surface area contributed by atoms with Crippen molar-refractivity contribution in [2.45, 2.75) is 126 Å². The molecule has 5 aliphatic rings. The van der Waals surface area contributed by atoms with Crippen LogP contribution < -0.4 is 0 Å². The molecule has 0 aromatic carbocycles. The Hall–Kier alpha value is -0.790. The van der Waals surface area contributed by atoms with Gasteiger partial charge in [-0.2, -0.15) is 0 Å². The third kappa shape index (κ3) is 3.08. The molecule has 0 bridgehead atoms. The van der Waals surface area contributed by atoms with E-state index in [1.807, 2.05) is 0 Å². The predicted molar refractivity (Wildman–Crippen MR) is 140 cm³/mol. The lowest BCUT2D eigenvalue weighted by atomic mass is 9.32. The van der Waals surface area contributed by atoms with Crippen LogP contribution in [0.1, 0.15) is 120 Å². The van der Waals surface area contributed by atoms with Gasteiger partial charge in [0.15, 0.2) is 0 Å². The van der Waals surface area contributed by atoms with E-state index in [2.05, 4.69) is 61.5 Å². The zero-order chi connectivity index (χ0) is 24.9. The third-order valence-electron chi connectivity index (χ3n) is 13.4. The summed E-state index contributed by atoms with van der Waals surface area (Å²) >= 11 is 0. The first-order valence-corrected chi connectivity index (χ1v) is 14.6. The molecule has 2 nitrogen and oxygen atoms in total. The van der Waals surface area contributed by atoms with Crippen LogP contribution in [-0.4, -0.2) is 12.1 Å². The number of carbonyl (C=O) groups is 1. The maximum absolute atomic E-state index is 11.9. The fourth-order valence-electron chi connectivity index (χ4n) is 11.5.